The van der Waals surface area contributed by atoms with Gasteiger partial charge in [0.05, 0.1) is 13.2 Å². The molecule has 0 unspecified atom stereocenters. The average molecular weight is 396 g/mol. The van der Waals surface area contributed by atoms with Crippen LogP contribution in [-0.2, 0) is 16.1 Å². The number of hydrogen-bond acceptors (Lipinski definition) is 6. The summed E-state index contributed by atoms with van der Waals surface area (Å²) in [5.74, 6) is -0.754. The van der Waals surface area contributed by atoms with Crippen molar-refractivity contribution in [3.05, 3.63) is 33.4 Å². The highest BCUT2D eigenvalue weighted by atomic mass is 127. The first-order chi connectivity index (χ1) is 9.49. The minimum absolute atomic E-state index is 0.0441. The summed E-state index contributed by atoms with van der Waals surface area (Å²) >= 11 is 2.13. The molecular weight excluding hydrogens is 379 g/mol. The summed E-state index contributed by atoms with van der Waals surface area (Å²) in [6, 6.07) is 7.35. The molecule has 7 heteroatoms. The molecule has 0 spiro atoms. The van der Waals surface area contributed by atoms with Crippen LogP contribution >= 0.6 is 22.6 Å². The Labute approximate surface area is 130 Å². The quantitative estimate of drug-likeness (QED) is 0.440. The van der Waals surface area contributed by atoms with E-state index in [2.05, 4.69) is 22.6 Å². The van der Waals surface area contributed by atoms with Crippen molar-refractivity contribution in [2.45, 2.75) is 24.9 Å². The summed E-state index contributed by atoms with van der Waals surface area (Å²) in [7, 11) is 0. The Balaban J connectivity index is 2.72. The molecule has 0 saturated heterocycles. The van der Waals surface area contributed by atoms with Gasteiger partial charge in [0.2, 0.25) is 0 Å². The number of benzene rings is 1. The predicted octanol–water partition coefficient (Wildman–Crippen LogP) is -0.548. The van der Waals surface area contributed by atoms with Gasteiger partial charge in [-0.15, -0.1) is 0 Å². The lowest BCUT2D eigenvalue weighted by Gasteiger charge is -2.24. The fourth-order valence-corrected chi connectivity index (χ4v) is 2.20. The Morgan fingerprint density at radius 3 is 2.55 bits per heavy atom. The highest BCUT2D eigenvalue weighted by Crippen LogP contribution is 2.13. The van der Waals surface area contributed by atoms with Crippen molar-refractivity contribution < 1.29 is 30.0 Å². The third kappa shape index (κ3) is 5.08. The molecule has 0 bridgehead atoms. The molecule has 0 amide bonds. The van der Waals surface area contributed by atoms with E-state index in [1.807, 2.05) is 18.2 Å². The van der Waals surface area contributed by atoms with Crippen LogP contribution in [0.5, 0.6) is 0 Å². The summed E-state index contributed by atoms with van der Waals surface area (Å²) in [4.78, 5) is 11.5. The van der Waals surface area contributed by atoms with E-state index in [1.165, 1.54) is 0 Å². The fourth-order valence-electron chi connectivity index (χ4n) is 1.59. The molecule has 4 N–H and O–H groups in total. The van der Waals surface area contributed by atoms with E-state index in [-0.39, 0.29) is 6.61 Å². The van der Waals surface area contributed by atoms with Crippen LogP contribution in [0.25, 0.3) is 0 Å². The fraction of sp³-hybridized carbons (Fsp3) is 0.462. The number of rotatable bonds is 8. The van der Waals surface area contributed by atoms with Gasteiger partial charge in [-0.25, -0.2) is 0 Å². The lowest BCUT2D eigenvalue weighted by Crippen LogP contribution is -2.46. The van der Waals surface area contributed by atoms with Gasteiger partial charge in [-0.1, -0.05) is 12.1 Å². The molecule has 1 aromatic rings. The molecule has 0 heterocycles. The first-order valence-corrected chi connectivity index (χ1v) is 7.04. The second-order valence-corrected chi connectivity index (χ2v) is 5.47. The molecular formula is C13H17IO6. The van der Waals surface area contributed by atoms with Gasteiger partial charge in [-0.3, -0.25) is 4.79 Å². The Morgan fingerprint density at radius 1 is 1.30 bits per heavy atom. The number of ether oxygens (including phenoxy) is 1. The van der Waals surface area contributed by atoms with Gasteiger partial charge in [0.25, 0.3) is 0 Å². The lowest BCUT2D eigenvalue weighted by atomic mass is 10.0. The molecule has 1 rings (SSSR count). The first-order valence-electron chi connectivity index (χ1n) is 5.96. The largest absolute Gasteiger partial charge is 0.394 e. The van der Waals surface area contributed by atoms with Crippen LogP contribution < -0.4 is 0 Å². The Hall–Kier alpha value is -0.580. The topological polar surface area (TPSA) is 107 Å². The summed E-state index contributed by atoms with van der Waals surface area (Å²) in [6.07, 6.45) is -4.49. The Bertz CT molecular complexity index is 439. The van der Waals surface area contributed by atoms with E-state index >= 15 is 0 Å². The van der Waals surface area contributed by atoms with E-state index < -0.39 is 37.3 Å². The zero-order valence-electron chi connectivity index (χ0n) is 10.6. The molecule has 0 radical (unpaired) electrons. The molecule has 0 aliphatic heterocycles. The maximum absolute atomic E-state index is 11.5. The molecule has 0 saturated carbocycles. The van der Waals surface area contributed by atoms with Gasteiger partial charge < -0.3 is 25.2 Å². The smallest absolute Gasteiger partial charge is 0.189 e. The molecule has 0 aliphatic rings. The molecule has 112 valence electrons. The molecule has 6 nitrogen and oxygen atoms in total. The number of ketones is 1. The van der Waals surface area contributed by atoms with Crippen molar-refractivity contribution in [3.8, 4) is 0 Å². The monoisotopic (exact) mass is 396 g/mol. The average Bonchev–Trinajstić information content (AvgIpc) is 2.46. The summed E-state index contributed by atoms with van der Waals surface area (Å²) in [6.45, 7) is -1.47. The van der Waals surface area contributed by atoms with E-state index in [0.29, 0.717) is 0 Å². The Kier molecular flexibility index (Phi) is 7.56. The van der Waals surface area contributed by atoms with Crippen molar-refractivity contribution >= 4 is 28.4 Å². The molecule has 1 aromatic carbocycles. The summed E-state index contributed by atoms with van der Waals surface area (Å²) in [5, 5.41) is 36.8. The van der Waals surface area contributed by atoms with Crippen molar-refractivity contribution in [1.82, 2.24) is 0 Å². The molecule has 0 aromatic heterocycles. The van der Waals surface area contributed by atoms with Crippen molar-refractivity contribution in [1.29, 1.82) is 0 Å². The van der Waals surface area contributed by atoms with Gasteiger partial charge >= 0.3 is 0 Å². The van der Waals surface area contributed by atoms with Crippen molar-refractivity contribution in [3.63, 3.8) is 0 Å². The first kappa shape index (κ1) is 17.5. The third-order valence-electron chi connectivity index (χ3n) is 2.68. The van der Waals surface area contributed by atoms with Gasteiger partial charge in [0.15, 0.2) is 5.78 Å². The highest BCUT2D eigenvalue weighted by molar-refractivity contribution is 14.1. The number of aliphatic hydroxyl groups is 4. The van der Waals surface area contributed by atoms with Crippen LogP contribution in [0.2, 0.25) is 0 Å². The van der Waals surface area contributed by atoms with Crippen LogP contribution in [0.3, 0.4) is 0 Å². The SMILES string of the molecule is O=C(CO)[C@@H](OCc1cccc(I)c1)[C@H](O)[C@H](O)CO. The number of Topliss-reactive ketones (excluding diaryl/α,β-unsaturated/α-hetero) is 1. The summed E-state index contributed by atoms with van der Waals surface area (Å²) in [5.41, 5.74) is 0.790. The van der Waals surface area contributed by atoms with Crippen molar-refractivity contribution in [2.75, 3.05) is 13.2 Å². The number of carbonyl (C=O) groups is 1. The predicted molar refractivity (Wildman–Crippen MR) is 78.9 cm³/mol. The van der Waals surface area contributed by atoms with Crippen molar-refractivity contribution in [2.24, 2.45) is 0 Å². The second kappa shape index (κ2) is 8.65. The van der Waals surface area contributed by atoms with Gasteiger partial charge in [0, 0.05) is 3.57 Å². The van der Waals surface area contributed by atoms with Gasteiger partial charge in [0.1, 0.15) is 24.9 Å². The van der Waals surface area contributed by atoms with Gasteiger partial charge in [-0.2, -0.15) is 0 Å². The third-order valence-corrected chi connectivity index (χ3v) is 3.35. The summed E-state index contributed by atoms with van der Waals surface area (Å²) < 4.78 is 6.28. The van der Waals surface area contributed by atoms with E-state index in [1.54, 1.807) is 6.07 Å². The Morgan fingerprint density at radius 2 is 2.00 bits per heavy atom. The van der Waals surface area contributed by atoms with Crippen LogP contribution in [0.4, 0.5) is 0 Å². The zero-order valence-corrected chi connectivity index (χ0v) is 12.8. The minimum Gasteiger partial charge on any atom is -0.394 e. The normalized spacial score (nSPS) is 15.7. The van der Waals surface area contributed by atoms with Crippen LogP contribution in [0, 0.1) is 3.57 Å². The molecule has 3 atom stereocenters. The standard InChI is InChI=1S/C13H17IO6/c14-9-3-1-2-8(4-9)7-20-13(11(18)6-16)12(19)10(17)5-15/h1-4,10,12-13,15-17,19H,5-7H2/t10-,12-,13-/m1/s1. The van der Waals surface area contributed by atoms with Gasteiger partial charge in [-0.05, 0) is 40.3 Å². The maximum Gasteiger partial charge on any atom is 0.189 e. The number of aliphatic hydroxyl groups excluding tert-OH is 4. The number of carbonyl (C=O) groups excluding carboxylic acids is 1. The molecule has 20 heavy (non-hydrogen) atoms. The highest BCUT2D eigenvalue weighted by Gasteiger charge is 2.32. The molecule has 0 fully saturated rings. The van der Waals surface area contributed by atoms with Crippen LogP contribution in [0.1, 0.15) is 5.56 Å². The number of hydrogen-bond donors (Lipinski definition) is 4. The minimum atomic E-state index is -1.59. The van der Waals surface area contributed by atoms with Crippen LogP contribution in [-0.4, -0.2) is 57.7 Å². The number of halogens is 1. The van der Waals surface area contributed by atoms with E-state index in [4.69, 9.17) is 14.9 Å². The van der Waals surface area contributed by atoms with E-state index in [9.17, 15) is 15.0 Å². The van der Waals surface area contributed by atoms with E-state index in [0.717, 1.165) is 9.13 Å². The molecule has 0 aliphatic carbocycles. The lowest BCUT2D eigenvalue weighted by molar-refractivity contribution is -0.152. The zero-order chi connectivity index (χ0) is 15.1. The maximum atomic E-state index is 11.5. The van der Waals surface area contributed by atoms with Crippen LogP contribution in [0.15, 0.2) is 24.3 Å². The second-order valence-electron chi connectivity index (χ2n) is 4.23.